The minimum atomic E-state index is -0.422. The molecule has 7 nitrogen and oxygen atoms in total. The summed E-state index contributed by atoms with van der Waals surface area (Å²) in [4.78, 5) is 20.8. The van der Waals surface area contributed by atoms with Crippen molar-refractivity contribution < 1.29 is 9.21 Å². The number of aromatic nitrogens is 4. The van der Waals surface area contributed by atoms with Crippen LogP contribution in [0.1, 0.15) is 37.6 Å². The number of amides is 1. The van der Waals surface area contributed by atoms with E-state index in [1.165, 1.54) is 0 Å². The number of nitrogens with zero attached hydrogens (tertiary/aromatic N) is 4. The lowest BCUT2D eigenvalue weighted by Gasteiger charge is -2.32. The minimum absolute atomic E-state index is 0.0568. The number of H-pyrrole nitrogens is 1. The number of hydrogen-bond acceptors (Lipinski definition) is 6. The number of carbonyl (C=O) groups excluding carboxylic acids is 1. The average molecular weight is 440 g/mol. The number of benzene rings is 1. The lowest BCUT2D eigenvalue weighted by molar-refractivity contribution is -0.135. The Morgan fingerprint density at radius 1 is 1.27 bits per heavy atom. The van der Waals surface area contributed by atoms with Gasteiger partial charge in [0.1, 0.15) is 11.6 Å². The molecule has 1 atom stereocenters. The average Bonchev–Trinajstić information content (AvgIpc) is 3.52. The van der Waals surface area contributed by atoms with Crippen molar-refractivity contribution in [1.29, 1.82) is 0 Å². The number of rotatable bonds is 4. The number of para-hydroxylation sites is 2. The molecular formula is C21H21N5O2S2. The molecule has 0 radical (unpaired) electrons. The number of nitrogens with one attached hydrogen (secondary N) is 1. The first-order valence-corrected chi connectivity index (χ1v) is 11.3. The van der Waals surface area contributed by atoms with Gasteiger partial charge < -0.3 is 9.32 Å². The van der Waals surface area contributed by atoms with Gasteiger partial charge >= 0.3 is 0 Å². The van der Waals surface area contributed by atoms with Crippen molar-refractivity contribution in [2.24, 2.45) is 0 Å². The van der Waals surface area contributed by atoms with Gasteiger partial charge in [-0.2, -0.15) is 5.10 Å². The highest BCUT2D eigenvalue weighted by Gasteiger charge is 2.31. The first-order valence-electron chi connectivity index (χ1n) is 9.97. The van der Waals surface area contributed by atoms with Gasteiger partial charge in [0.2, 0.25) is 5.91 Å². The van der Waals surface area contributed by atoms with E-state index >= 15 is 0 Å². The number of hydrogen-bond donors (Lipinski definition) is 1. The molecule has 1 fully saturated rings. The monoisotopic (exact) mass is 439 g/mol. The van der Waals surface area contributed by atoms with Crippen LogP contribution in [0.25, 0.3) is 21.8 Å². The molecule has 154 valence electrons. The predicted molar refractivity (Wildman–Crippen MR) is 118 cm³/mol. The van der Waals surface area contributed by atoms with Gasteiger partial charge in [0.15, 0.2) is 22.1 Å². The molecule has 1 N–H and O–H groups in total. The van der Waals surface area contributed by atoms with Gasteiger partial charge in [-0.15, -0.1) is 11.3 Å². The van der Waals surface area contributed by atoms with Crippen molar-refractivity contribution in [3.05, 3.63) is 52.4 Å². The van der Waals surface area contributed by atoms with Crippen LogP contribution in [0.2, 0.25) is 0 Å². The molecule has 30 heavy (non-hydrogen) atoms. The molecule has 1 saturated heterocycles. The fourth-order valence-corrected chi connectivity index (χ4v) is 5.03. The summed E-state index contributed by atoms with van der Waals surface area (Å²) in [5, 5.41) is 9.17. The molecule has 4 aromatic rings. The van der Waals surface area contributed by atoms with E-state index in [9.17, 15) is 4.79 Å². The van der Waals surface area contributed by atoms with Crippen molar-refractivity contribution in [2.75, 3.05) is 13.1 Å². The van der Waals surface area contributed by atoms with E-state index in [1.54, 1.807) is 11.3 Å². The Morgan fingerprint density at radius 3 is 2.80 bits per heavy atom. The van der Waals surface area contributed by atoms with E-state index in [4.69, 9.17) is 16.6 Å². The Labute approximate surface area is 182 Å². The maximum absolute atomic E-state index is 13.2. The third-order valence-corrected chi connectivity index (χ3v) is 6.81. The van der Waals surface area contributed by atoms with Crippen LogP contribution in [0, 0.1) is 4.77 Å². The Morgan fingerprint density at radius 2 is 2.07 bits per heavy atom. The quantitative estimate of drug-likeness (QED) is 0.463. The molecule has 0 bridgehead atoms. The van der Waals surface area contributed by atoms with E-state index in [2.05, 4.69) is 15.2 Å². The topological polar surface area (TPSA) is 79.9 Å². The van der Waals surface area contributed by atoms with Gasteiger partial charge in [-0.1, -0.05) is 18.2 Å². The minimum Gasteiger partial charge on any atom is -0.440 e. The molecule has 1 aromatic carbocycles. The number of thiophene rings is 1. The van der Waals surface area contributed by atoms with Crippen molar-refractivity contribution in [3.63, 3.8) is 0 Å². The highest BCUT2D eigenvalue weighted by Crippen LogP contribution is 2.31. The van der Waals surface area contributed by atoms with E-state index < -0.39 is 6.04 Å². The molecule has 0 saturated carbocycles. The number of carbonyl (C=O) groups is 1. The summed E-state index contributed by atoms with van der Waals surface area (Å²) in [6.45, 7) is 3.23. The number of fused-ring (bicyclic) bond motifs is 1. The summed E-state index contributed by atoms with van der Waals surface area (Å²) in [5.74, 6) is 1.77. The normalized spacial score (nSPS) is 16.2. The third kappa shape index (κ3) is 3.37. The van der Waals surface area contributed by atoms with Crippen LogP contribution in [0.5, 0.6) is 0 Å². The lowest BCUT2D eigenvalue weighted by atomic mass is 9.96. The van der Waals surface area contributed by atoms with Gasteiger partial charge in [-0.05, 0) is 55.6 Å². The number of piperidine rings is 1. The van der Waals surface area contributed by atoms with E-state index in [-0.39, 0.29) is 11.8 Å². The van der Waals surface area contributed by atoms with Crippen LogP contribution in [0.4, 0.5) is 0 Å². The maximum atomic E-state index is 13.2. The van der Waals surface area contributed by atoms with E-state index in [0.29, 0.717) is 23.7 Å². The third-order valence-electron chi connectivity index (χ3n) is 5.66. The van der Waals surface area contributed by atoms with Crippen LogP contribution < -0.4 is 0 Å². The maximum Gasteiger partial charge on any atom is 0.245 e. The molecule has 1 aliphatic rings. The summed E-state index contributed by atoms with van der Waals surface area (Å²) >= 11 is 6.99. The van der Waals surface area contributed by atoms with Crippen LogP contribution >= 0.6 is 23.6 Å². The molecule has 4 heterocycles. The van der Waals surface area contributed by atoms with Gasteiger partial charge in [-0.25, -0.2) is 4.98 Å². The van der Waals surface area contributed by atoms with Crippen LogP contribution in [0.15, 0.2) is 46.2 Å². The van der Waals surface area contributed by atoms with Crippen LogP contribution in [0.3, 0.4) is 0 Å². The Balaban J connectivity index is 1.30. The number of aromatic amines is 1. The summed E-state index contributed by atoms with van der Waals surface area (Å²) in [7, 11) is 0. The number of oxazole rings is 1. The van der Waals surface area contributed by atoms with E-state index in [0.717, 1.165) is 34.7 Å². The standard InChI is InChI=1S/C21H21N5O2S2/c1-13(26-18(23-24-21(26)29)17-7-4-12-30-17)20(27)25-10-8-14(9-11-25)19-22-15-5-2-3-6-16(15)28-19/h2-7,12-14H,8-11H2,1H3,(H,24,29). The zero-order chi connectivity index (χ0) is 20.7. The molecule has 3 aromatic heterocycles. The molecule has 0 aliphatic carbocycles. The van der Waals surface area contributed by atoms with Gasteiger partial charge in [0, 0.05) is 19.0 Å². The zero-order valence-electron chi connectivity index (χ0n) is 16.4. The number of likely N-dealkylation sites (tertiary alicyclic amines) is 1. The largest absolute Gasteiger partial charge is 0.440 e. The summed E-state index contributed by atoms with van der Waals surface area (Å²) < 4.78 is 8.21. The molecule has 1 amide bonds. The van der Waals surface area contributed by atoms with Crippen molar-refractivity contribution in [2.45, 2.75) is 31.7 Å². The summed E-state index contributed by atoms with van der Waals surface area (Å²) in [6.07, 6.45) is 1.67. The second-order valence-corrected chi connectivity index (χ2v) is 8.83. The smallest absolute Gasteiger partial charge is 0.245 e. The second kappa shape index (κ2) is 7.81. The molecule has 5 rings (SSSR count). The van der Waals surface area contributed by atoms with E-state index in [1.807, 2.05) is 58.2 Å². The van der Waals surface area contributed by atoms with Crippen LogP contribution in [-0.4, -0.2) is 43.6 Å². The molecule has 1 aliphatic heterocycles. The SMILES string of the molecule is CC(C(=O)N1CCC(c2nc3ccccc3o2)CC1)n1c(-c2cccs2)n[nH]c1=S. The van der Waals surface area contributed by atoms with Crippen molar-refractivity contribution in [1.82, 2.24) is 24.6 Å². The summed E-state index contributed by atoms with van der Waals surface area (Å²) in [6, 6.07) is 11.3. The first kappa shape index (κ1) is 19.2. The molecule has 0 spiro atoms. The van der Waals surface area contributed by atoms with Crippen LogP contribution in [-0.2, 0) is 4.79 Å². The Hall–Kier alpha value is -2.78. The fourth-order valence-electron chi connectivity index (χ4n) is 4.03. The van der Waals surface area contributed by atoms with Gasteiger partial charge in [0.05, 0.1) is 4.88 Å². The predicted octanol–water partition coefficient (Wildman–Crippen LogP) is 4.78. The highest BCUT2D eigenvalue weighted by atomic mass is 32.1. The van der Waals surface area contributed by atoms with Gasteiger partial charge in [-0.3, -0.25) is 14.5 Å². The second-order valence-electron chi connectivity index (χ2n) is 7.50. The zero-order valence-corrected chi connectivity index (χ0v) is 18.1. The first-order chi connectivity index (χ1) is 14.6. The Bertz CT molecular complexity index is 1200. The lowest BCUT2D eigenvalue weighted by Crippen LogP contribution is -2.41. The van der Waals surface area contributed by atoms with Gasteiger partial charge in [0.25, 0.3) is 0 Å². The summed E-state index contributed by atoms with van der Waals surface area (Å²) in [5.41, 5.74) is 1.70. The highest BCUT2D eigenvalue weighted by molar-refractivity contribution is 7.71. The molecule has 1 unspecified atom stereocenters. The Kier molecular flexibility index (Phi) is 5.00. The fraction of sp³-hybridized carbons (Fsp3) is 0.333. The molecular weight excluding hydrogens is 418 g/mol. The van der Waals surface area contributed by atoms with Crippen molar-refractivity contribution >= 4 is 40.6 Å². The molecule has 9 heteroatoms. The van der Waals surface area contributed by atoms with Crippen molar-refractivity contribution in [3.8, 4) is 10.7 Å².